The molecule has 0 spiro atoms. The molecule has 0 saturated heterocycles. The lowest BCUT2D eigenvalue weighted by Gasteiger charge is -2.35. The first kappa shape index (κ1) is 25.0. The zero-order valence-electron chi connectivity index (χ0n) is 20.1. The third kappa shape index (κ3) is 7.71. The van der Waals surface area contributed by atoms with Crippen LogP contribution in [0.1, 0.15) is 73.8 Å². The molecule has 0 fully saturated rings. The molecule has 0 aliphatic rings. The van der Waals surface area contributed by atoms with Gasteiger partial charge in [0, 0.05) is 49.9 Å². The minimum absolute atomic E-state index is 0.00519. The Kier molecular flexibility index (Phi) is 8.31. The normalized spacial score (nSPS) is 13.0. The Bertz CT molecular complexity index is 712. The Balaban J connectivity index is 3.25. The van der Waals surface area contributed by atoms with Crippen molar-refractivity contribution in [2.75, 3.05) is 24.3 Å². The first-order valence-electron chi connectivity index (χ1n) is 10.6. The highest BCUT2D eigenvalue weighted by Crippen LogP contribution is 2.29. The lowest BCUT2D eigenvalue weighted by Crippen LogP contribution is -2.44. The van der Waals surface area contributed by atoms with Crippen molar-refractivity contribution in [2.24, 2.45) is 10.8 Å². The molecular formula is C24H41N3O2. The van der Waals surface area contributed by atoms with Crippen LogP contribution in [0.15, 0.2) is 18.2 Å². The van der Waals surface area contributed by atoms with E-state index in [2.05, 4.69) is 39.9 Å². The van der Waals surface area contributed by atoms with Crippen LogP contribution in [0.5, 0.6) is 0 Å². The van der Waals surface area contributed by atoms with Gasteiger partial charge in [-0.3, -0.25) is 9.59 Å². The van der Waals surface area contributed by atoms with Gasteiger partial charge >= 0.3 is 0 Å². The van der Waals surface area contributed by atoms with Crippen LogP contribution in [0.4, 0.5) is 11.4 Å². The van der Waals surface area contributed by atoms with Gasteiger partial charge in [-0.2, -0.15) is 0 Å². The number of amides is 2. The number of carbonyl (C=O) groups is 2. The standard InChI is InChI=1S/C24H41N3O2/c1-11-17(2)27(22(29)24(6,7)8)16-18-14-19(12-13-20(18)26(9)10)25-21(28)15-23(3,4)5/h12-14,17H,11,15-16H2,1-10H3,(H,25,28). The maximum Gasteiger partial charge on any atom is 0.228 e. The molecule has 0 aliphatic carbocycles. The van der Waals surface area contributed by atoms with Crippen LogP contribution in [-0.4, -0.2) is 36.9 Å². The van der Waals surface area contributed by atoms with Gasteiger partial charge in [-0.25, -0.2) is 0 Å². The van der Waals surface area contributed by atoms with Crippen molar-refractivity contribution < 1.29 is 9.59 Å². The Morgan fingerprint density at radius 2 is 1.66 bits per heavy atom. The molecule has 1 aromatic carbocycles. The molecule has 5 heteroatoms. The smallest absolute Gasteiger partial charge is 0.228 e. The summed E-state index contributed by atoms with van der Waals surface area (Å²) in [4.78, 5) is 29.5. The van der Waals surface area contributed by atoms with Crippen LogP contribution in [0.3, 0.4) is 0 Å². The van der Waals surface area contributed by atoms with E-state index in [1.807, 2.05) is 62.9 Å². The molecule has 1 rings (SSSR count). The number of anilines is 2. The third-order valence-electron chi connectivity index (χ3n) is 4.90. The number of nitrogens with one attached hydrogen (secondary N) is 1. The van der Waals surface area contributed by atoms with Gasteiger partial charge in [0.05, 0.1) is 0 Å². The Morgan fingerprint density at radius 3 is 2.10 bits per heavy atom. The Labute approximate surface area is 177 Å². The minimum Gasteiger partial charge on any atom is -0.377 e. The molecular weight excluding hydrogens is 362 g/mol. The van der Waals surface area contributed by atoms with E-state index in [1.165, 1.54) is 0 Å². The summed E-state index contributed by atoms with van der Waals surface area (Å²) in [7, 11) is 3.99. The summed E-state index contributed by atoms with van der Waals surface area (Å²) in [6, 6.07) is 6.08. The van der Waals surface area contributed by atoms with E-state index < -0.39 is 5.41 Å². The van der Waals surface area contributed by atoms with E-state index in [1.54, 1.807) is 0 Å². The number of nitrogens with zero attached hydrogens (tertiary/aromatic N) is 2. The number of hydrogen-bond donors (Lipinski definition) is 1. The molecule has 0 aromatic heterocycles. The monoisotopic (exact) mass is 403 g/mol. The molecule has 29 heavy (non-hydrogen) atoms. The maximum absolute atomic E-state index is 13.1. The van der Waals surface area contributed by atoms with Crippen LogP contribution in [0.2, 0.25) is 0 Å². The van der Waals surface area contributed by atoms with Crippen molar-refractivity contribution >= 4 is 23.2 Å². The minimum atomic E-state index is -0.444. The fraction of sp³-hybridized carbons (Fsp3) is 0.667. The van der Waals surface area contributed by atoms with Gasteiger partial charge in [-0.15, -0.1) is 0 Å². The lowest BCUT2D eigenvalue weighted by atomic mass is 9.92. The van der Waals surface area contributed by atoms with Gasteiger partial charge in [0.1, 0.15) is 0 Å². The molecule has 1 aromatic rings. The van der Waals surface area contributed by atoms with E-state index in [-0.39, 0.29) is 23.3 Å². The predicted octanol–water partition coefficient (Wildman–Crippen LogP) is 5.30. The fourth-order valence-corrected chi connectivity index (χ4v) is 3.18. The number of carbonyl (C=O) groups excluding carboxylic acids is 2. The van der Waals surface area contributed by atoms with Crippen LogP contribution in [-0.2, 0) is 16.1 Å². The van der Waals surface area contributed by atoms with Gasteiger partial charge in [0.15, 0.2) is 0 Å². The fourth-order valence-electron chi connectivity index (χ4n) is 3.18. The van der Waals surface area contributed by atoms with Gasteiger partial charge < -0.3 is 15.1 Å². The maximum atomic E-state index is 13.1. The van der Waals surface area contributed by atoms with E-state index in [4.69, 9.17) is 0 Å². The summed E-state index contributed by atoms with van der Waals surface area (Å²) < 4.78 is 0. The largest absolute Gasteiger partial charge is 0.377 e. The molecule has 0 bridgehead atoms. The first-order chi connectivity index (χ1) is 13.2. The average Bonchev–Trinajstić information content (AvgIpc) is 2.55. The quantitative estimate of drug-likeness (QED) is 0.672. The Morgan fingerprint density at radius 1 is 1.07 bits per heavy atom. The second-order valence-corrected chi connectivity index (χ2v) is 10.5. The molecule has 0 radical (unpaired) electrons. The predicted molar refractivity (Wildman–Crippen MR) is 123 cm³/mol. The van der Waals surface area contributed by atoms with E-state index in [0.717, 1.165) is 23.4 Å². The molecule has 0 saturated carbocycles. The Hall–Kier alpha value is -2.04. The zero-order chi connectivity index (χ0) is 22.6. The number of benzene rings is 1. The van der Waals surface area contributed by atoms with Gasteiger partial charge in [0.25, 0.3) is 0 Å². The van der Waals surface area contributed by atoms with Crippen molar-refractivity contribution in [3.05, 3.63) is 23.8 Å². The van der Waals surface area contributed by atoms with Gasteiger partial charge in [0.2, 0.25) is 11.8 Å². The van der Waals surface area contributed by atoms with Crippen LogP contribution in [0.25, 0.3) is 0 Å². The molecule has 0 heterocycles. The highest BCUT2D eigenvalue weighted by atomic mass is 16.2. The molecule has 1 N–H and O–H groups in total. The summed E-state index contributed by atoms with van der Waals surface area (Å²) in [5.41, 5.74) is 2.34. The highest BCUT2D eigenvalue weighted by Gasteiger charge is 2.30. The van der Waals surface area contributed by atoms with Gasteiger partial charge in [-0.05, 0) is 42.5 Å². The van der Waals surface area contributed by atoms with E-state index in [9.17, 15) is 9.59 Å². The molecule has 5 nitrogen and oxygen atoms in total. The topological polar surface area (TPSA) is 52.7 Å². The van der Waals surface area contributed by atoms with E-state index in [0.29, 0.717) is 13.0 Å². The van der Waals surface area contributed by atoms with Crippen molar-refractivity contribution in [1.82, 2.24) is 4.90 Å². The van der Waals surface area contributed by atoms with E-state index >= 15 is 0 Å². The van der Waals surface area contributed by atoms with Gasteiger partial charge in [-0.1, -0.05) is 48.5 Å². The zero-order valence-corrected chi connectivity index (χ0v) is 20.1. The summed E-state index contributed by atoms with van der Waals surface area (Å²) >= 11 is 0. The molecule has 164 valence electrons. The first-order valence-corrected chi connectivity index (χ1v) is 10.6. The second-order valence-electron chi connectivity index (χ2n) is 10.5. The van der Waals surface area contributed by atoms with Crippen LogP contribution in [0, 0.1) is 10.8 Å². The van der Waals surface area contributed by atoms with Crippen molar-refractivity contribution in [3.8, 4) is 0 Å². The summed E-state index contributed by atoms with van der Waals surface area (Å²) in [6.07, 6.45) is 1.35. The third-order valence-corrected chi connectivity index (χ3v) is 4.90. The number of hydrogen-bond acceptors (Lipinski definition) is 3. The SMILES string of the molecule is CCC(C)N(Cc1cc(NC(=O)CC(C)(C)C)ccc1N(C)C)C(=O)C(C)(C)C. The molecule has 0 aliphatic heterocycles. The lowest BCUT2D eigenvalue weighted by molar-refractivity contribution is -0.142. The van der Waals surface area contributed by atoms with Crippen molar-refractivity contribution in [3.63, 3.8) is 0 Å². The van der Waals surface area contributed by atoms with Crippen LogP contribution >= 0.6 is 0 Å². The van der Waals surface area contributed by atoms with Crippen LogP contribution < -0.4 is 10.2 Å². The molecule has 1 atom stereocenters. The summed E-state index contributed by atoms with van der Waals surface area (Å²) in [6.45, 7) is 16.7. The summed E-state index contributed by atoms with van der Waals surface area (Å²) in [5, 5.41) is 3.02. The molecule has 2 amide bonds. The average molecular weight is 404 g/mol. The molecule has 1 unspecified atom stereocenters. The highest BCUT2D eigenvalue weighted by molar-refractivity contribution is 5.91. The van der Waals surface area contributed by atoms with Crippen molar-refractivity contribution in [2.45, 2.75) is 80.8 Å². The second kappa shape index (κ2) is 9.64. The number of rotatable bonds is 7. The van der Waals surface area contributed by atoms with Crippen molar-refractivity contribution in [1.29, 1.82) is 0 Å². The summed E-state index contributed by atoms with van der Waals surface area (Å²) in [5.74, 6) is 0.143.